The number of nitrogens with zero attached hydrogens (tertiary/aromatic N) is 3. The molecule has 0 atom stereocenters. The van der Waals surface area contributed by atoms with E-state index in [-0.39, 0.29) is 5.82 Å². The molecule has 2 aromatic carbocycles. The molecule has 0 aliphatic rings. The molecule has 0 aliphatic heterocycles. The van der Waals surface area contributed by atoms with Gasteiger partial charge in [-0.3, -0.25) is 0 Å². The highest BCUT2D eigenvalue weighted by molar-refractivity contribution is 5.89. The summed E-state index contributed by atoms with van der Waals surface area (Å²) in [5.74, 6) is 1.03. The Morgan fingerprint density at radius 1 is 1.03 bits per heavy atom. The summed E-state index contributed by atoms with van der Waals surface area (Å²) in [5.41, 5.74) is 5.36. The fraction of sp³-hybridized carbons (Fsp3) is 0.125. The highest BCUT2D eigenvalue weighted by atomic mass is 19.1. The molecular formula is C24H21FN4O. The van der Waals surface area contributed by atoms with E-state index in [0.29, 0.717) is 28.7 Å². The van der Waals surface area contributed by atoms with E-state index >= 15 is 0 Å². The minimum Gasteiger partial charge on any atom is -0.373 e. The molecule has 4 aromatic rings. The fourth-order valence-corrected chi connectivity index (χ4v) is 3.17. The summed E-state index contributed by atoms with van der Waals surface area (Å²) in [5, 5.41) is 7.16. The predicted molar refractivity (Wildman–Crippen MR) is 116 cm³/mol. The van der Waals surface area contributed by atoms with Crippen LogP contribution in [-0.2, 0) is 0 Å². The fourth-order valence-electron chi connectivity index (χ4n) is 3.17. The zero-order chi connectivity index (χ0) is 21.1. The van der Waals surface area contributed by atoms with Crippen LogP contribution in [0, 0.1) is 19.7 Å². The van der Waals surface area contributed by atoms with Crippen molar-refractivity contribution >= 4 is 17.5 Å². The molecule has 1 N–H and O–H groups in total. The van der Waals surface area contributed by atoms with Gasteiger partial charge in [0, 0.05) is 18.8 Å². The van der Waals surface area contributed by atoms with Gasteiger partial charge in [-0.1, -0.05) is 35.5 Å². The number of hydrogen-bond acceptors (Lipinski definition) is 5. The van der Waals surface area contributed by atoms with Gasteiger partial charge in [0.05, 0.1) is 5.56 Å². The van der Waals surface area contributed by atoms with E-state index in [1.807, 2.05) is 30.3 Å². The number of nitrogens with one attached hydrogen (secondary N) is 1. The number of benzene rings is 2. The Kier molecular flexibility index (Phi) is 5.39. The Bertz CT molecular complexity index is 1230. The molecule has 0 fully saturated rings. The van der Waals surface area contributed by atoms with Crippen molar-refractivity contribution in [1.82, 2.24) is 15.1 Å². The third-order valence-corrected chi connectivity index (χ3v) is 4.92. The molecule has 0 saturated carbocycles. The number of aromatic nitrogens is 3. The molecule has 4 rings (SSSR count). The standard InChI is InChI=1S/C24H21FN4O/c1-15-9-10-17(12-16(15)2)13-21(18-6-4-7-19(25)14-18)24-28-23(29-30-24)20-8-5-11-27-22(20)26-3/h4-14H,1-3H3,(H,26,27)/b21-13+. The predicted octanol–water partition coefficient (Wildman–Crippen LogP) is 5.52. The van der Waals surface area contributed by atoms with E-state index in [1.54, 1.807) is 19.3 Å². The van der Waals surface area contributed by atoms with E-state index in [0.717, 1.165) is 11.1 Å². The van der Waals surface area contributed by atoms with E-state index in [2.05, 4.69) is 46.4 Å². The number of halogens is 1. The van der Waals surface area contributed by atoms with Gasteiger partial charge >= 0.3 is 0 Å². The third kappa shape index (κ3) is 3.98. The summed E-state index contributed by atoms with van der Waals surface area (Å²) in [7, 11) is 1.78. The Morgan fingerprint density at radius 3 is 2.67 bits per heavy atom. The lowest BCUT2D eigenvalue weighted by Crippen LogP contribution is -1.96. The van der Waals surface area contributed by atoms with Crippen molar-refractivity contribution in [3.05, 3.63) is 94.8 Å². The third-order valence-electron chi connectivity index (χ3n) is 4.92. The van der Waals surface area contributed by atoms with Gasteiger partial charge < -0.3 is 9.84 Å². The summed E-state index contributed by atoms with van der Waals surface area (Å²) < 4.78 is 19.6. The number of anilines is 1. The van der Waals surface area contributed by atoms with Crippen LogP contribution in [0.2, 0.25) is 0 Å². The molecular weight excluding hydrogens is 379 g/mol. The van der Waals surface area contributed by atoms with Crippen LogP contribution in [0.4, 0.5) is 10.2 Å². The quantitative estimate of drug-likeness (QED) is 0.447. The second-order valence-electron chi connectivity index (χ2n) is 6.98. The van der Waals surface area contributed by atoms with Crippen molar-refractivity contribution in [2.45, 2.75) is 13.8 Å². The molecule has 30 heavy (non-hydrogen) atoms. The zero-order valence-corrected chi connectivity index (χ0v) is 17.0. The Morgan fingerprint density at radius 2 is 1.90 bits per heavy atom. The maximum Gasteiger partial charge on any atom is 0.258 e. The number of rotatable bonds is 5. The van der Waals surface area contributed by atoms with Gasteiger partial charge in [0.2, 0.25) is 5.82 Å². The molecule has 150 valence electrons. The summed E-state index contributed by atoms with van der Waals surface area (Å²) in [6.07, 6.45) is 3.62. The topological polar surface area (TPSA) is 63.8 Å². The number of aryl methyl sites for hydroxylation is 2. The summed E-state index contributed by atoms with van der Waals surface area (Å²) >= 11 is 0. The molecule has 0 radical (unpaired) electrons. The lowest BCUT2D eigenvalue weighted by molar-refractivity contribution is 0.409. The highest BCUT2D eigenvalue weighted by Crippen LogP contribution is 2.29. The minimum absolute atomic E-state index is 0.305. The molecule has 0 aliphatic carbocycles. The molecule has 6 heteroatoms. The zero-order valence-electron chi connectivity index (χ0n) is 17.0. The van der Waals surface area contributed by atoms with Gasteiger partial charge in [0.1, 0.15) is 11.6 Å². The first-order chi connectivity index (χ1) is 14.5. The average Bonchev–Trinajstić information content (AvgIpc) is 3.24. The van der Waals surface area contributed by atoms with Crippen LogP contribution in [-0.4, -0.2) is 22.2 Å². The van der Waals surface area contributed by atoms with E-state index in [9.17, 15) is 4.39 Å². The van der Waals surface area contributed by atoms with Gasteiger partial charge in [0.15, 0.2) is 0 Å². The molecule has 0 amide bonds. The molecule has 5 nitrogen and oxygen atoms in total. The van der Waals surface area contributed by atoms with Crippen molar-refractivity contribution in [3.63, 3.8) is 0 Å². The van der Waals surface area contributed by atoms with Gasteiger partial charge in [-0.2, -0.15) is 4.98 Å². The highest BCUT2D eigenvalue weighted by Gasteiger charge is 2.17. The van der Waals surface area contributed by atoms with Crippen LogP contribution in [0.15, 0.2) is 65.3 Å². The Labute approximate surface area is 174 Å². The number of hydrogen-bond donors (Lipinski definition) is 1. The average molecular weight is 400 g/mol. The first-order valence-electron chi connectivity index (χ1n) is 9.57. The normalized spacial score (nSPS) is 11.5. The molecule has 0 saturated heterocycles. The summed E-state index contributed by atoms with van der Waals surface area (Å²) in [6.45, 7) is 4.12. The van der Waals surface area contributed by atoms with Crippen LogP contribution in [0.3, 0.4) is 0 Å². The first-order valence-corrected chi connectivity index (χ1v) is 9.57. The molecule has 0 bridgehead atoms. The van der Waals surface area contributed by atoms with Crippen molar-refractivity contribution in [2.75, 3.05) is 12.4 Å². The van der Waals surface area contributed by atoms with Gasteiger partial charge in [-0.05, 0) is 66.4 Å². The minimum atomic E-state index is -0.331. The van der Waals surface area contributed by atoms with Crippen molar-refractivity contribution in [2.24, 2.45) is 0 Å². The summed E-state index contributed by atoms with van der Waals surface area (Å²) in [6, 6.07) is 16.2. The van der Waals surface area contributed by atoms with Crippen LogP contribution in [0.25, 0.3) is 23.0 Å². The smallest absolute Gasteiger partial charge is 0.258 e. The van der Waals surface area contributed by atoms with Crippen molar-refractivity contribution in [1.29, 1.82) is 0 Å². The lowest BCUT2D eigenvalue weighted by Gasteiger charge is -2.06. The first kappa shape index (κ1) is 19.5. The summed E-state index contributed by atoms with van der Waals surface area (Å²) in [4.78, 5) is 8.87. The van der Waals surface area contributed by atoms with Crippen LogP contribution >= 0.6 is 0 Å². The monoisotopic (exact) mass is 400 g/mol. The SMILES string of the molecule is CNc1ncccc1-c1noc(/C(=C/c2ccc(C)c(C)c2)c2cccc(F)c2)n1. The van der Waals surface area contributed by atoms with Gasteiger partial charge in [-0.25, -0.2) is 9.37 Å². The van der Waals surface area contributed by atoms with Gasteiger partial charge in [0.25, 0.3) is 5.89 Å². The molecule has 0 spiro atoms. The lowest BCUT2D eigenvalue weighted by atomic mass is 10.00. The van der Waals surface area contributed by atoms with Gasteiger partial charge in [-0.15, -0.1) is 0 Å². The Balaban J connectivity index is 1.84. The van der Waals surface area contributed by atoms with E-state index in [1.165, 1.54) is 23.3 Å². The van der Waals surface area contributed by atoms with Crippen LogP contribution in [0.1, 0.15) is 28.1 Å². The van der Waals surface area contributed by atoms with Crippen LogP contribution < -0.4 is 5.32 Å². The molecule has 0 unspecified atom stereocenters. The molecule has 2 heterocycles. The van der Waals surface area contributed by atoms with E-state index < -0.39 is 0 Å². The second-order valence-corrected chi connectivity index (χ2v) is 6.98. The van der Waals surface area contributed by atoms with Crippen LogP contribution in [0.5, 0.6) is 0 Å². The second kappa shape index (κ2) is 8.29. The van der Waals surface area contributed by atoms with Crippen molar-refractivity contribution < 1.29 is 8.91 Å². The maximum absolute atomic E-state index is 14.0. The van der Waals surface area contributed by atoms with E-state index in [4.69, 9.17) is 4.52 Å². The Hall–Kier alpha value is -3.80. The number of pyridine rings is 1. The maximum atomic E-state index is 14.0. The van der Waals surface area contributed by atoms with Crippen molar-refractivity contribution in [3.8, 4) is 11.4 Å². The largest absolute Gasteiger partial charge is 0.373 e. The molecule has 2 aromatic heterocycles.